The number of aryl methyl sites for hydroxylation is 2. The van der Waals surface area contributed by atoms with Crippen LogP contribution >= 0.6 is 0 Å². The third kappa shape index (κ3) is 2.23. The van der Waals surface area contributed by atoms with Gasteiger partial charge in [0.2, 0.25) is 0 Å². The van der Waals surface area contributed by atoms with Crippen LogP contribution in [0.2, 0.25) is 0 Å². The van der Waals surface area contributed by atoms with Crippen molar-refractivity contribution in [1.82, 2.24) is 4.98 Å². The molecular weight excluding hydrogens is 302 g/mol. The van der Waals surface area contributed by atoms with E-state index in [0.29, 0.717) is 0 Å². The molecule has 0 unspecified atom stereocenters. The molecule has 0 spiro atoms. The second-order valence-corrected chi connectivity index (χ2v) is 7.26. The lowest BCUT2D eigenvalue weighted by Gasteiger charge is -2.08. The minimum Gasteiger partial charge on any atom is -0.361 e. The van der Waals surface area contributed by atoms with E-state index in [2.05, 4.69) is 73.4 Å². The van der Waals surface area contributed by atoms with Gasteiger partial charge in [0.05, 0.1) is 0 Å². The number of allylic oxidation sites excluding steroid dienone is 1. The highest BCUT2D eigenvalue weighted by Gasteiger charge is 2.17. The van der Waals surface area contributed by atoms with Gasteiger partial charge < -0.3 is 4.98 Å². The molecule has 1 aliphatic carbocycles. The van der Waals surface area contributed by atoms with Crippen molar-refractivity contribution in [1.29, 1.82) is 0 Å². The maximum atomic E-state index is 3.41. The van der Waals surface area contributed by atoms with E-state index in [9.17, 15) is 0 Å². The molecule has 1 aliphatic rings. The first-order valence-electron chi connectivity index (χ1n) is 8.97. The molecule has 0 aliphatic heterocycles. The molecule has 0 saturated carbocycles. The first-order chi connectivity index (χ1) is 12.2. The number of aromatic nitrogens is 1. The van der Waals surface area contributed by atoms with Gasteiger partial charge in [0.25, 0.3) is 0 Å². The average Bonchev–Trinajstić information content (AvgIpc) is 3.17. The Morgan fingerprint density at radius 1 is 0.920 bits per heavy atom. The Hall–Kier alpha value is -2.80. The van der Waals surface area contributed by atoms with E-state index in [1.807, 2.05) is 6.20 Å². The molecule has 122 valence electrons. The van der Waals surface area contributed by atoms with E-state index in [1.165, 1.54) is 55.1 Å². The minimum atomic E-state index is 1.04. The average molecular weight is 323 g/mol. The second kappa shape index (κ2) is 5.35. The Kier molecular flexibility index (Phi) is 3.11. The number of benzene rings is 2. The van der Waals surface area contributed by atoms with Crippen molar-refractivity contribution in [2.75, 3.05) is 0 Å². The standard InChI is InChI=1S/C24H21N/c1-15-10-22-16(2)20-8-5-9-25-24(20)14-23(22)21(15)13-17-11-18-6-3-4-7-19(18)12-17/h3-11,14,25H,12-13H2,1-2H3. The summed E-state index contributed by atoms with van der Waals surface area (Å²) >= 11 is 0. The van der Waals surface area contributed by atoms with Crippen molar-refractivity contribution >= 4 is 27.8 Å². The molecule has 3 aromatic carbocycles. The van der Waals surface area contributed by atoms with Gasteiger partial charge in [-0.1, -0.05) is 48.0 Å². The summed E-state index contributed by atoms with van der Waals surface area (Å²) in [6.45, 7) is 4.50. The van der Waals surface area contributed by atoms with E-state index in [0.717, 1.165) is 12.8 Å². The minimum absolute atomic E-state index is 1.04. The normalized spacial score (nSPS) is 13.4. The highest BCUT2D eigenvalue weighted by Crippen LogP contribution is 2.36. The van der Waals surface area contributed by atoms with E-state index in [4.69, 9.17) is 0 Å². The van der Waals surface area contributed by atoms with Crippen molar-refractivity contribution in [2.24, 2.45) is 0 Å². The fourth-order valence-electron chi connectivity index (χ4n) is 4.34. The van der Waals surface area contributed by atoms with Gasteiger partial charge in [-0.05, 0) is 77.4 Å². The maximum absolute atomic E-state index is 3.41. The number of H-pyrrole nitrogens is 1. The Bertz CT molecular complexity index is 1160. The maximum Gasteiger partial charge on any atom is 0.0462 e. The van der Waals surface area contributed by atoms with E-state index < -0.39 is 0 Å². The summed E-state index contributed by atoms with van der Waals surface area (Å²) in [5.74, 6) is 0. The van der Waals surface area contributed by atoms with Crippen molar-refractivity contribution in [3.8, 4) is 0 Å². The number of nitrogens with one attached hydrogen (secondary N) is 1. The van der Waals surface area contributed by atoms with Crippen LogP contribution in [-0.2, 0) is 12.8 Å². The summed E-state index contributed by atoms with van der Waals surface area (Å²) in [4.78, 5) is 3.41. The number of hydrogen-bond acceptors (Lipinski definition) is 0. The van der Waals surface area contributed by atoms with Crippen LogP contribution in [-0.4, -0.2) is 4.98 Å². The zero-order valence-electron chi connectivity index (χ0n) is 14.7. The highest BCUT2D eigenvalue weighted by molar-refractivity contribution is 6.03. The number of rotatable bonds is 2. The highest BCUT2D eigenvalue weighted by atomic mass is 14.6. The van der Waals surface area contributed by atoms with Crippen LogP contribution in [0.25, 0.3) is 27.8 Å². The summed E-state index contributed by atoms with van der Waals surface area (Å²) < 4.78 is 0. The van der Waals surface area contributed by atoms with Gasteiger partial charge in [-0.15, -0.1) is 0 Å². The first kappa shape index (κ1) is 14.5. The third-order valence-corrected chi connectivity index (χ3v) is 5.67. The first-order valence-corrected chi connectivity index (χ1v) is 8.97. The number of fused-ring (bicyclic) bond motifs is 3. The van der Waals surface area contributed by atoms with Gasteiger partial charge >= 0.3 is 0 Å². The molecular formula is C24H21N. The molecule has 0 atom stereocenters. The fraction of sp³-hybridized carbons (Fsp3) is 0.167. The zero-order chi connectivity index (χ0) is 17.0. The lowest BCUT2D eigenvalue weighted by Crippen LogP contribution is -1.92. The van der Waals surface area contributed by atoms with Crippen LogP contribution in [0.1, 0.15) is 27.8 Å². The molecule has 1 nitrogen and oxygen atoms in total. The molecule has 4 aromatic rings. The fourth-order valence-corrected chi connectivity index (χ4v) is 4.34. The van der Waals surface area contributed by atoms with Crippen molar-refractivity contribution in [3.63, 3.8) is 0 Å². The van der Waals surface area contributed by atoms with Gasteiger partial charge in [0.1, 0.15) is 0 Å². The van der Waals surface area contributed by atoms with Crippen molar-refractivity contribution < 1.29 is 0 Å². The molecule has 0 bridgehead atoms. The van der Waals surface area contributed by atoms with E-state index >= 15 is 0 Å². The Morgan fingerprint density at radius 3 is 2.68 bits per heavy atom. The van der Waals surface area contributed by atoms with E-state index in [1.54, 1.807) is 0 Å². The number of pyridine rings is 1. The summed E-state index contributed by atoms with van der Waals surface area (Å²) in [6.07, 6.45) is 6.52. The molecule has 1 aromatic heterocycles. The molecule has 5 rings (SSSR count). The number of hydrogen-bond donors (Lipinski definition) is 1. The lowest BCUT2D eigenvalue weighted by molar-refractivity contribution is 1.07. The summed E-state index contributed by atoms with van der Waals surface area (Å²) in [7, 11) is 0. The molecule has 1 N–H and O–H groups in total. The van der Waals surface area contributed by atoms with Gasteiger partial charge in [-0.2, -0.15) is 0 Å². The summed E-state index contributed by atoms with van der Waals surface area (Å²) in [6, 6.07) is 17.7. The van der Waals surface area contributed by atoms with Crippen LogP contribution in [0.5, 0.6) is 0 Å². The predicted molar refractivity (Wildman–Crippen MR) is 107 cm³/mol. The number of aromatic amines is 1. The SMILES string of the molecule is Cc1cc2c(C)c3ccc[nH]c3cc2c1CC1=Cc2ccccc2C1. The Morgan fingerprint density at radius 2 is 1.80 bits per heavy atom. The monoisotopic (exact) mass is 323 g/mol. The molecule has 0 fully saturated rings. The second-order valence-electron chi connectivity index (χ2n) is 7.26. The van der Waals surface area contributed by atoms with Crippen LogP contribution < -0.4 is 0 Å². The quantitative estimate of drug-likeness (QED) is 0.457. The third-order valence-electron chi connectivity index (χ3n) is 5.67. The van der Waals surface area contributed by atoms with Crippen LogP contribution in [0.15, 0.2) is 60.3 Å². The van der Waals surface area contributed by atoms with Gasteiger partial charge in [-0.25, -0.2) is 0 Å². The summed E-state index contributed by atoms with van der Waals surface area (Å²) in [5, 5.41) is 4.12. The smallest absolute Gasteiger partial charge is 0.0462 e. The molecule has 0 saturated heterocycles. The Labute approximate surface area is 148 Å². The van der Waals surface area contributed by atoms with E-state index in [-0.39, 0.29) is 0 Å². The topological polar surface area (TPSA) is 15.8 Å². The molecule has 0 amide bonds. The van der Waals surface area contributed by atoms with Crippen molar-refractivity contribution in [2.45, 2.75) is 26.7 Å². The predicted octanol–water partition coefficient (Wildman–Crippen LogP) is 6.12. The Balaban J connectivity index is 1.64. The molecule has 25 heavy (non-hydrogen) atoms. The lowest BCUT2D eigenvalue weighted by atomic mass is 9.98. The summed E-state index contributed by atoms with van der Waals surface area (Å²) in [5.41, 5.74) is 9.86. The van der Waals surface area contributed by atoms with Gasteiger partial charge in [0, 0.05) is 17.1 Å². The van der Waals surface area contributed by atoms with Crippen molar-refractivity contribution in [3.05, 3.63) is 88.1 Å². The molecule has 0 radical (unpaired) electrons. The van der Waals surface area contributed by atoms with Crippen LogP contribution in [0.3, 0.4) is 0 Å². The van der Waals surface area contributed by atoms with Crippen LogP contribution in [0.4, 0.5) is 0 Å². The zero-order valence-corrected chi connectivity index (χ0v) is 14.7. The molecule has 1 heteroatoms. The van der Waals surface area contributed by atoms with Gasteiger partial charge in [-0.3, -0.25) is 0 Å². The van der Waals surface area contributed by atoms with Crippen LogP contribution in [0, 0.1) is 13.8 Å². The largest absolute Gasteiger partial charge is 0.361 e. The van der Waals surface area contributed by atoms with Gasteiger partial charge in [0.15, 0.2) is 0 Å². The molecule has 1 heterocycles.